The molecule has 0 saturated heterocycles. The molecule has 0 aliphatic rings. The number of rotatable bonds is 5. The Labute approximate surface area is 197 Å². The van der Waals surface area contributed by atoms with Crippen LogP contribution in [0.3, 0.4) is 0 Å². The summed E-state index contributed by atoms with van der Waals surface area (Å²) in [6.45, 7) is 3.35. The number of amides is 1. The van der Waals surface area contributed by atoms with E-state index in [-0.39, 0.29) is 10.7 Å². The van der Waals surface area contributed by atoms with Crippen molar-refractivity contribution in [3.63, 3.8) is 0 Å². The maximum Gasteiger partial charge on any atom is 0.266 e. The molecular formula is C24H18ClF2N3O2S. The van der Waals surface area contributed by atoms with Crippen molar-refractivity contribution in [1.82, 2.24) is 9.55 Å². The molecule has 33 heavy (non-hydrogen) atoms. The maximum absolute atomic E-state index is 14.0. The summed E-state index contributed by atoms with van der Waals surface area (Å²) in [4.78, 5) is 30.8. The highest BCUT2D eigenvalue weighted by Gasteiger charge is 2.23. The van der Waals surface area contributed by atoms with Crippen molar-refractivity contribution in [2.24, 2.45) is 0 Å². The summed E-state index contributed by atoms with van der Waals surface area (Å²) in [6.07, 6.45) is 0. The molecule has 3 aromatic carbocycles. The van der Waals surface area contributed by atoms with E-state index in [0.29, 0.717) is 27.2 Å². The van der Waals surface area contributed by atoms with Crippen molar-refractivity contribution in [3.05, 3.63) is 93.2 Å². The molecule has 1 atom stereocenters. The Bertz CT molecular complexity index is 1420. The van der Waals surface area contributed by atoms with E-state index >= 15 is 0 Å². The van der Waals surface area contributed by atoms with Crippen molar-refractivity contribution in [1.29, 1.82) is 0 Å². The average Bonchev–Trinajstić information content (AvgIpc) is 2.79. The Morgan fingerprint density at radius 1 is 1.06 bits per heavy atom. The van der Waals surface area contributed by atoms with Crippen LogP contribution in [0.25, 0.3) is 16.6 Å². The van der Waals surface area contributed by atoms with Crippen molar-refractivity contribution < 1.29 is 13.6 Å². The second kappa shape index (κ2) is 9.33. The van der Waals surface area contributed by atoms with Gasteiger partial charge in [-0.3, -0.25) is 14.2 Å². The second-order valence-corrected chi connectivity index (χ2v) is 9.00. The average molecular weight is 486 g/mol. The van der Waals surface area contributed by atoms with E-state index in [0.717, 1.165) is 23.9 Å². The van der Waals surface area contributed by atoms with Gasteiger partial charge in [0.05, 0.1) is 21.8 Å². The van der Waals surface area contributed by atoms with Gasteiger partial charge in [0.2, 0.25) is 5.91 Å². The van der Waals surface area contributed by atoms with Crippen LogP contribution in [0.15, 0.2) is 70.6 Å². The van der Waals surface area contributed by atoms with Gasteiger partial charge in [0.25, 0.3) is 5.56 Å². The lowest BCUT2D eigenvalue weighted by Crippen LogP contribution is -2.27. The molecule has 0 saturated carbocycles. The number of anilines is 1. The minimum Gasteiger partial charge on any atom is -0.320 e. The zero-order valence-electron chi connectivity index (χ0n) is 17.6. The summed E-state index contributed by atoms with van der Waals surface area (Å²) in [5, 5.41) is 2.59. The first-order valence-corrected chi connectivity index (χ1v) is 11.2. The summed E-state index contributed by atoms with van der Waals surface area (Å²) >= 11 is 7.28. The number of benzene rings is 3. The Morgan fingerprint density at radius 2 is 1.73 bits per heavy atom. The van der Waals surface area contributed by atoms with Crippen LogP contribution in [-0.4, -0.2) is 20.7 Å². The molecule has 1 amide bonds. The monoisotopic (exact) mass is 485 g/mol. The van der Waals surface area contributed by atoms with Gasteiger partial charge < -0.3 is 5.32 Å². The number of nitrogens with one attached hydrogen (secondary N) is 1. The molecule has 0 aliphatic carbocycles. The normalized spacial score (nSPS) is 12.0. The van der Waals surface area contributed by atoms with Crippen molar-refractivity contribution in [2.75, 3.05) is 5.32 Å². The Morgan fingerprint density at radius 3 is 2.45 bits per heavy atom. The summed E-state index contributed by atoms with van der Waals surface area (Å²) < 4.78 is 29.3. The summed E-state index contributed by atoms with van der Waals surface area (Å²) in [5.41, 5.74) is 0.825. The minimum absolute atomic E-state index is 0.251. The van der Waals surface area contributed by atoms with E-state index in [4.69, 9.17) is 11.6 Å². The van der Waals surface area contributed by atoms with Crippen molar-refractivity contribution in [3.8, 4) is 5.69 Å². The number of para-hydroxylation sites is 2. The van der Waals surface area contributed by atoms with Gasteiger partial charge in [0.1, 0.15) is 17.3 Å². The second-order valence-electron chi connectivity index (χ2n) is 7.28. The van der Waals surface area contributed by atoms with Gasteiger partial charge >= 0.3 is 0 Å². The fourth-order valence-electron chi connectivity index (χ4n) is 3.30. The lowest BCUT2D eigenvalue weighted by molar-refractivity contribution is -0.115. The molecule has 4 rings (SSSR count). The van der Waals surface area contributed by atoms with Gasteiger partial charge in [-0.15, -0.1) is 0 Å². The topological polar surface area (TPSA) is 64.0 Å². The van der Waals surface area contributed by atoms with E-state index in [9.17, 15) is 18.4 Å². The molecule has 168 valence electrons. The van der Waals surface area contributed by atoms with E-state index in [1.165, 1.54) is 10.6 Å². The molecule has 0 fully saturated rings. The first-order valence-electron chi connectivity index (χ1n) is 9.96. The number of thioether (sulfide) groups is 1. The quantitative estimate of drug-likeness (QED) is 0.289. The highest BCUT2D eigenvalue weighted by molar-refractivity contribution is 8.00. The zero-order chi connectivity index (χ0) is 23.7. The molecular weight excluding hydrogens is 468 g/mol. The van der Waals surface area contributed by atoms with Gasteiger partial charge in [0, 0.05) is 5.02 Å². The number of carbonyl (C=O) groups excluding carboxylic acids is 1. The Hall–Kier alpha value is -3.23. The molecule has 1 N–H and O–H groups in total. The predicted molar refractivity (Wildman–Crippen MR) is 127 cm³/mol. The number of aromatic nitrogens is 2. The SMILES string of the molecule is Cc1c(Cl)cccc1-n1c(SC(C)C(=O)Nc2c(F)cccc2F)nc2ccccc2c1=O. The van der Waals surface area contributed by atoms with Crippen LogP contribution < -0.4 is 10.9 Å². The lowest BCUT2D eigenvalue weighted by Gasteiger charge is -2.18. The van der Waals surface area contributed by atoms with Crippen LogP contribution >= 0.6 is 23.4 Å². The maximum atomic E-state index is 14.0. The van der Waals surface area contributed by atoms with Gasteiger partial charge in [0.15, 0.2) is 5.16 Å². The van der Waals surface area contributed by atoms with Crippen molar-refractivity contribution in [2.45, 2.75) is 24.3 Å². The first-order chi connectivity index (χ1) is 15.8. The predicted octanol–water partition coefficient (Wildman–Crippen LogP) is 5.75. The van der Waals surface area contributed by atoms with Gasteiger partial charge in [-0.1, -0.05) is 47.6 Å². The fourth-order valence-corrected chi connectivity index (χ4v) is 4.39. The van der Waals surface area contributed by atoms with Gasteiger partial charge in [-0.05, 0) is 55.8 Å². The molecule has 0 aliphatic heterocycles. The van der Waals surface area contributed by atoms with Crippen molar-refractivity contribution >= 4 is 45.9 Å². The highest BCUT2D eigenvalue weighted by Crippen LogP contribution is 2.29. The van der Waals surface area contributed by atoms with E-state index in [1.54, 1.807) is 56.3 Å². The van der Waals surface area contributed by atoms with Crippen LogP contribution in [0, 0.1) is 18.6 Å². The van der Waals surface area contributed by atoms with Crippen LogP contribution in [0.4, 0.5) is 14.5 Å². The van der Waals surface area contributed by atoms with Gasteiger partial charge in [-0.25, -0.2) is 13.8 Å². The molecule has 1 heterocycles. The molecule has 0 bridgehead atoms. The van der Waals surface area contributed by atoms with Gasteiger partial charge in [-0.2, -0.15) is 0 Å². The molecule has 0 radical (unpaired) electrons. The molecule has 4 aromatic rings. The lowest BCUT2D eigenvalue weighted by atomic mass is 10.2. The highest BCUT2D eigenvalue weighted by atomic mass is 35.5. The van der Waals surface area contributed by atoms with E-state index in [1.807, 2.05) is 0 Å². The molecule has 1 unspecified atom stereocenters. The number of fused-ring (bicyclic) bond motifs is 1. The van der Waals surface area contributed by atoms with Crippen LogP contribution in [-0.2, 0) is 4.79 Å². The van der Waals surface area contributed by atoms with E-state index < -0.39 is 28.5 Å². The Kier molecular flexibility index (Phi) is 6.49. The van der Waals surface area contributed by atoms with Crippen LogP contribution in [0.5, 0.6) is 0 Å². The largest absolute Gasteiger partial charge is 0.320 e. The third kappa shape index (κ3) is 4.49. The number of nitrogens with zero attached hydrogens (tertiary/aromatic N) is 2. The summed E-state index contributed by atoms with van der Waals surface area (Å²) in [5.74, 6) is -2.40. The molecule has 9 heteroatoms. The number of carbonyl (C=O) groups is 1. The molecule has 0 spiro atoms. The van der Waals surface area contributed by atoms with E-state index in [2.05, 4.69) is 10.3 Å². The smallest absolute Gasteiger partial charge is 0.266 e. The number of hydrogen-bond acceptors (Lipinski definition) is 4. The zero-order valence-corrected chi connectivity index (χ0v) is 19.2. The summed E-state index contributed by atoms with van der Waals surface area (Å²) in [7, 11) is 0. The molecule has 1 aromatic heterocycles. The summed E-state index contributed by atoms with van der Waals surface area (Å²) in [6, 6.07) is 15.4. The third-order valence-electron chi connectivity index (χ3n) is 5.09. The van der Waals surface area contributed by atoms with Crippen LogP contribution in [0.2, 0.25) is 5.02 Å². The fraction of sp³-hybridized carbons (Fsp3) is 0.125. The first kappa shape index (κ1) is 22.9. The van der Waals surface area contributed by atoms with Crippen LogP contribution in [0.1, 0.15) is 12.5 Å². The number of halogens is 3. The number of hydrogen-bond donors (Lipinski definition) is 1. The Balaban J connectivity index is 1.77. The third-order valence-corrected chi connectivity index (χ3v) is 6.55. The minimum atomic E-state index is -0.879. The molecule has 5 nitrogen and oxygen atoms in total. The standard InChI is InChI=1S/C24H18ClF2N3O2S/c1-13-16(25)8-5-12-20(13)30-23(32)15-7-3-4-11-19(15)28-24(30)33-14(2)22(31)29-21-17(26)9-6-10-18(21)27/h3-12,14H,1-2H3,(H,29,31).